The highest BCUT2D eigenvalue weighted by Gasteiger charge is 2.76. The van der Waals surface area contributed by atoms with Gasteiger partial charge >= 0.3 is 0 Å². The third kappa shape index (κ3) is 3.95. The Morgan fingerprint density at radius 1 is 1.08 bits per heavy atom. The Kier molecular flexibility index (Phi) is 7.62. The van der Waals surface area contributed by atoms with Crippen LogP contribution in [0.5, 0.6) is 0 Å². The number of rotatable bonds is 6. The van der Waals surface area contributed by atoms with E-state index in [9.17, 15) is 19.5 Å². The number of carbonyl (C=O) groups excluding carboxylic acids is 3. The number of ether oxygens (including phenoxy) is 1. The normalized spacial score (nSPS) is 49.9. The third-order valence-electron chi connectivity index (χ3n) is 13.4. The van der Waals surface area contributed by atoms with E-state index in [0.717, 1.165) is 18.8 Å². The summed E-state index contributed by atoms with van der Waals surface area (Å²) in [5, 5.41) is 10.3. The summed E-state index contributed by atoms with van der Waals surface area (Å²) in [4.78, 5) is 42.0. The fourth-order valence-electron chi connectivity index (χ4n) is 11.6. The zero-order valence-corrected chi connectivity index (χ0v) is 25.4. The lowest BCUT2D eigenvalue weighted by molar-refractivity contribution is -0.284. The molecule has 0 radical (unpaired) electrons. The number of allylic oxidation sites excluding steroid dienone is 2. The van der Waals surface area contributed by atoms with Crippen LogP contribution in [-0.4, -0.2) is 35.4 Å². The second kappa shape index (κ2) is 10.2. The van der Waals surface area contributed by atoms with Gasteiger partial charge in [0.1, 0.15) is 24.1 Å². The Balaban J connectivity index is 1.68. The highest BCUT2D eigenvalue weighted by molar-refractivity contribution is 6.06. The van der Waals surface area contributed by atoms with E-state index >= 15 is 0 Å². The second-order valence-electron chi connectivity index (χ2n) is 15.0. The quantitative estimate of drug-likeness (QED) is 0.239. The molecule has 5 rings (SSSR count). The minimum atomic E-state index is -0.897. The average molecular weight is 541 g/mol. The summed E-state index contributed by atoms with van der Waals surface area (Å²) in [6.45, 7) is 13.9. The molecule has 0 aromatic carbocycles. The van der Waals surface area contributed by atoms with Crippen molar-refractivity contribution < 1.29 is 24.2 Å². The van der Waals surface area contributed by atoms with Crippen molar-refractivity contribution in [1.29, 1.82) is 0 Å². The summed E-state index contributed by atoms with van der Waals surface area (Å²) < 4.78 is 6.44. The topological polar surface area (TPSA) is 80.7 Å². The van der Waals surface area contributed by atoms with E-state index in [0.29, 0.717) is 6.42 Å². The molecule has 5 aliphatic carbocycles. The molecule has 12 atom stereocenters. The Labute approximate surface area is 235 Å². The van der Waals surface area contributed by atoms with Crippen molar-refractivity contribution in [3.8, 4) is 0 Å². The van der Waals surface area contributed by atoms with Crippen molar-refractivity contribution >= 4 is 17.3 Å². The van der Waals surface area contributed by atoms with E-state index in [1.54, 1.807) is 0 Å². The first-order valence-corrected chi connectivity index (χ1v) is 15.8. The molecule has 0 aliphatic heterocycles. The predicted molar refractivity (Wildman–Crippen MR) is 151 cm³/mol. The standard InChI is InChI=1S/C34H52O5/c1-19-11-10-14-24-25(16-15-23-12-8-9-13-23)33(6)28(29(37)27(19)24)21(3)34(7)30(38)26(22(4)36)20(2)17-32(34,5)31(33)39-18-35/h10-11,19-21,23-28,31,35H,8-9,12-18H2,1-7H3. The van der Waals surface area contributed by atoms with Crippen molar-refractivity contribution in [2.45, 2.75) is 106 Å². The Bertz CT molecular complexity index is 1030. The van der Waals surface area contributed by atoms with Gasteiger partial charge in [0.05, 0.1) is 12.0 Å². The first kappa shape index (κ1) is 29.2. The van der Waals surface area contributed by atoms with E-state index < -0.39 is 35.1 Å². The van der Waals surface area contributed by atoms with Crippen molar-refractivity contribution in [3.63, 3.8) is 0 Å². The summed E-state index contributed by atoms with van der Waals surface area (Å²) in [6, 6.07) is 0. The fourth-order valence-corrected chi connectivity index (χ4v) is 11.6. The summed E-state index contributed by atoms with van der Waals surface area (Å²) in [5.74, 6) is 0.280. The lowest BCUT2D eigenvalue weighted by Crippen LogP contribution is -2.76. The van der Waals surface area contributed by atoms with Crippen LogP contribution in [0, 0.1) is 69.5 Å². The van der Waals surface area contributed by atoms with E-state index in [1.165, 1.54) is 39.0 Å². The van der Waals surface area contributed by atoms with E-state index in [1.807, 2.05) is 13.8 Å². The number of aliphatic hydroxyl groups is 1. The minimum absolute atomic E-state index is 0.0219. The van der Waals surface area contributed by atoms with E-state index in [4.69, 9.17) is 4.74 Å². The van der Waals surface area contributed by atoms with Crippen molar-refractivity contribution in [1.82, 2.24) is 0 Å². The van der Waals surface area contributed by atoms with Gasteiger partial charge in [-0.2, -0.15) is 0 Å². The minimum Gasteiger partial charge on any atom is -0.371 e. The molecule has 5 heteroatoms. The highest BCUT2D eigenvalue weighted by atomic mass is 16.6. The van der Waals surface area contributed by atoms with Crippen LogP contribution < -0.4 is 0 Å². The van der Waals surface area contributed by atoms with Gasteiger partial charge in [0.15, 0.2) is 0 Å². The second-order valence-corrected chi connectivity index (χ2v) is 15.0. The van der Waals surface area contributed by atoms with Gasteiger partial charge in [-0.15, -0.1) is 0 Å². The zero-order valence-electron chi connectivity index (χ0n) is 25.4. The number of ketones is 3. The molecule has 0 amide bonds. The molecule has 5 aliphatic rings. The van der Waals surface area contributed by atoms with Crippen LogP contribution in [0.4, 0.5) is 0 Å². The Morgan fingerprint density at radius 2 is 1.74 bits per heavy atom. The molecule has 0 aromatic heterocycles. The highest BCUT2D eigenvalue weighted by Crippen LogP contribution is 2.73. The molecule has 0 heterocycles. The first-order chi connectivity index (χ1) is 18.4. The summed E-state index contributed by atoms with van der Waals surface area (Å²) in [6.07, 6.45) is 13.1. The smallest absolute Gasteiger partial charge is 0.150 e. The van der Waals surface area contributed by atoms with Gasteiger partial charge in [0, 0.05) is 28.1 Å². The van der Waals surface area contributed by atoms with Crippen LogP contribution >= 0.6 is 0 Å². The number of Topliss-reactive ketones (excluding diaryl/α,β-unsaturated/α-hetero) is 3. The predicted octanol–water partition coefficient (Wildman–Crippen LogP) is 6.42. The van der Waals surface area contributed by atoms with Crippen LogP contribution in [0.3, 0.4) is 0 Å². The lowest BCUT2D eigenvalue weighted by Gasteiger charge is -2.72. The molecule has 39 heavy (non-hydrogen) atoms. The SMILES string of the molecule is CC(=O)C1C(=O)C2(C)C(C)C3C(=O)C4C(C)C=CCC4C(CCC4CCCC4)C3(C)C(OCO)C2(C)CC1C. The van der Waals surface area contributed by atoms with Gasteiger partial charge < -0.3 is 9.84 Å². The molecule has 0 bridgehead atoms. The number of hydrogen-bond acceptors (Lipinski definition) is 5. The molecular weight excluding hydrogens is 488 g/mol. The maximum Gasteiger partial charge on any atom is 0.150 e. The molecule has 218 valence electrons. The van der Waals surface area contributed by atoms with Crippen LogP contribution in [0.2, 0.25) is 0 Å². The monoisotopic (exact) mass is 540 g/mol. The van der Waals surface area contributed by atoms with Gasteiger partial charge in [-0.05, 0) is 61.7 Å². The van der Waals surface area contributed by atoms with Gasteiger partial charge in [-0.3, -0.25) is 14.4 Å². The summed E-state index contributed by atoms with van der Waals surface area (Å²) in [7, 11) is 0. The lowest BCUT2D eigenvalue weighted by atomic mass is 9.32. The largest absolute Gasteiger partial charge is 0.371 e. The summed E-state index contributed by atoms with van der Waals surface area (Å²) >= 11 is 0. The fraction of sp³-hybridized carbons (Fsp3) is 0.853. The average Bonchev–Trinajstić information content (AvgIpc) is 3.38. The number of carbonyl (C=O) groups is 3. The van der Waals surface area contributed by atoms with Gasteiger partial charge in [0.25, 0.3) is 0 Å². The van der Waals surface area contributed by atoms with Crippen molar-refractivity contribution in [2.75, 3.05) is 6.79 Å². The molecule has 0 saturated heterocycles. The molecular formula is C34H52O5. The first-order valence-electron chi connectivity index (χ1n) is 15.8. The maximum atomic E-state index is 14.8. The summed E-state index contributed by atoms with van der Waals surface area (Å²) in [5.41, 5.74) is -2.00. The molecule has 4 saturated carbocycles. The Hall–Kier alpha value is -1.33. The zero-order chi connectivity index (χ0) is 28.5. The number of fused-ring (bicyclic) bond motifs is 3. The Morgan fingerprint density at radius 3 is 2.36 bits per heavy atom. The number of aliphatic hydroxyl groups excluding tert-OH is 1. The molecule has 0 aromatic rings. The third-order valence-corrected chi connectivity index (χ3v) is 13.4. The van der Waals surface area contributed by atoms with Crippen LogP contribution in [0.1, 0.15) is 99.8 Å². The molecule has 4 fully saturated rings. The van der Waals surface area contributed by atoms with E-state index in [-0.39, 0.29) is 58.8 Å². The van der Waals surface area contributed by atoms with Crippen LogP contribution in [-0.2, 0) is 19.1 Å². The van der Waals surface area contributed by atoms with Crippen molar-refractivity contribution in [3.05, 3.63) is 12.2 Å². The molecule has 5 nitrogen and oxygen atoms in total. The number of hydrogen-bond donors (Lipinski definition) is 1. The van der Waals surface area contributed by atoms with E-state index in [2.05, 4.69) is 39.8 Å². The van der Waals surface area contributed by atoms with Gasteiger partial charge in [-0.25, -0.2) is 0 Å². The van der Waals surface area contributed by atoms with Crippen LogP contribution in [0.25, 0.3) is 0 Å². The van der Waals surface area contributed by atoms with Gasteiger partial charge in [-0.1, -0.05) is 85.8 Å². The van der Waals surface area contributed by atoms with Crippen molar-refractivity contribution in [2.24, 2.45) is 69.5 Å². The van der Waals surface area contributed by atoms with Gasteiger partial charge in [0.2, 0.25) is 0 Å². The maximum absolute atomic E-state index is 14.8. The molecule has 0 spiro atoms. The molecule has 1 N–H and O–H groups in total. The molecule has 12 unspecified atom stereocenters. The van der Waals surface area contributed by atoms with Crippen LogP contribution in [0.15, 0.2) is 12.2 Å².